The normalized spacial score (nSPS) is 21.4. The first-order valence-electron chi connectivity index (χ1n) is 6.97. The highest BCUT2D eigenvalue weighted by molar-refractivity contribution is 7.99. The van der Waals surface area contributed by atoms with E-state index in [1.807, 2.05) is 24.3 Å². The van der Waals surface area contributed by atoms with Gasteiger partial charge in [0.25, 0.3) is 0 Å². The lowest BCUT2D eigenvalue weighted by molar-refractivity contribution is -0.119. The van der Waals surface area contributed by atoms with Crippen LogP contribution in [0.15, 0.2) is 24.3 Å². The van der Waals surface area contributed by atoms with Crippen molar-refractivity contribution in [3.05, 3.63) is 34.9 Å². The van der Waals surface area contributed by atoms with Crippen LogP contribution in [0.3, 0.4) is 0 Å². The SMILES string of the molecule is CC1CNCCC1NC(=O)CSCc1ccc(Cl)cc1.Cl. The van der Waals surface area contributed by atoms with Crippen LogP contribution in [0, 0.1) is 5.92 Å². The van der Waals surface area contributed by atoms with Crippen LogP contribution in [-0.4, -0.2) is 30.8 Å². The molecule has 1 aromatic carbocycles. The molecule has 3 nitrogen and oxygen atoms in total. The molecule has 0 spiro atoms. The van der Waals surface area contributed by atoms with Crippen LogP contribution in [0.2, 0.25) is 5.02 Å². The number of benzene rings is 1. The van der Waals surface area contributed by atoms with Gasteiger partial charge in [-0.15, -0.1) is 24.2 Å². The second kappa shape index (κ2) is 9.57. The Morgan fingerprint density at radius 2 is 2.14 bits per heavy atom. The third-order valence-electron chi connectivity index (χ3n) is 3.55. The molecule has 6 heteroatoms. The molecule has 0 aromatic heterocycles. The third kappa shape index (κ3) is 6.47. The summed E-state index contributed by atoms with van der Waals surface area (Å²) < 4.78 is 0. The standard InChI is InChI=1S/C15H21ClN2OS.ClH/c1-11-8-17-7-6-14(11)18-15(19)10-20-9-12-2-4-13(16)5-3-12;/h2-5,11,14,17H,6-10H2,1H3,(H,18,19);1H. The second-order valence-electron chi connectivity index (χ2n) is 5.26. The maximum atomic E-state index is 11.9. The smallest absolute Gasteiger partial charge is 0.230 e. The first-order valence-corrected chi connectivity index (χ1v) is 8.50. The predicted octanol–water partition coefficient (Wildman–Crippen LogP) is 3.11. The van der Waals surface area contributed by atoms with E-state index >= 15 is 0 Å². The van der Waals surface area contributed by atoms with E-state index in [4.69, 9.17) is 11.6 Å². The molecule has 1 aliphatic rings. The zero-order chi connectivity index (χ0) is 14.4. The van der Waals surface area contributed by atoms with Gasteiger partial charge < -0.3 is 10.6 Å². The van der Waals surface area contributed by atoms with Crippen molar-refractivity contribution in [3.8, 4) is 0 Å². The number of hydrogen-bond acceptors (Lipinski definition) is 3. The van der Waals surface area contributed by atoms with Crippen molar-refractivity contribution in [2.75, 3.05) is 18.8 Å². The highest BCUT2D eigenvalue weighted by Crippen LogP contribution is 2.16. The maximum Gasteiger partial charge on any atom is 0.230 e. The van der Waals surface area contributed by atoms with Gasteiger partial charge in [-0.1, -0.05) is 30.7 Å². The minimum absolute atomic E-state index is 0. The van der Waals surface area contributed by atoms with E-state index in [2.05, 4.69) is 17.6 Å². The predicted molar refractivity (Wildman–Crippen MR) is 93.4 cm³/mol. The average Bonchev–Trinajstić information content (AvgIpc) is 2.44. The number of carbonyl (C=O) groups excluding carboxylic acids is 1. The number of thioether (sulfide) groups is 1. The van der Waals surface area contributed by atoms with Gasteiger partial charge in [-0.25, -0.2) is 0 Å². The highest BCUT2D eigenvalue weighted by Gasteiger charge is 2.22. The quantitative estimate of drug-likeness (QED) is 0.858. The molecule has 21 heavy (non-hydrogen) atoms. The average molecular weight is 349 g/mol. The van der Waals surface area contributed by atoms with Crippen LogP contribution >= 0.6 is 35.8 Å². The summed E-state index contributed by atoms with van der Waals surface area (Å²) in [5.41, 5.74) is 1.20. The molecule has 1 saturated heterocycles. The zero-order valence-corrected chi connectivity index (χ0v) is 14.5. The van der Waals surface area contributed by atoms with Gasteiger partial charge in [0, 0.05) is 16.8 Å². The molecule has 1 aromatic rings. The Morgan fingerprint density at radius 3 is 2.81 bits per heavy atom. The molecule has 2 unspecified atom stereocenters. The lowest BCUT2D eigenvalue weighted by Gasteiger charge is -2.30. The lowest BCUT2D eigenvalue weighted by Crippen LogP contribution is -2.48. The molecule has 2 rings (SSSR count). The van der Waals surface area contributed by atoms with Crippen LogP contribution in [0.4, 0.5) is 0 Å². The topological polar surface area (TPSA) is 41.1 Å². The summed E-state index contributed by atoms with van der Waals surface area (Å²) in [6, 6.07) is 8.09. The minimum atomic E-state index is 0. The van der Waals surface area contributed by atoms with Gasteiger partial charge in [0.15, 0.2) is 0 Å². The molecule has 118 valence electrons. The fraction of sp³-hybridized carbons (Fsp3) is 0.533. The Bertz CT molecular complexity index is 442. The molecule has 0 radical (unpaired) electrons. The first kappa shape index (κ1) is 18.6. The Labute approximate surface area is 142 Å². The van der Waals surface area contributed by atoms with Crippen molar-refractivity contribution in [1.82, 2.24) is 10.6 Å². The van der Waals surface area contributed by atoms with Crippen molar-refractivity contribution >= 4 is 41.7 Å². The highest BCUT2D eigenvalue weighted by atomic mass is 35.5. The van der Waals surface area contributed by atoms with Gasteiger partial charge in [0.05, 0.1) is 5.75 Å². The van der Waals surface area contributed by atoms with Gasteiger partial charge in [-0.2, -0.15) is 0 Å². The van der Waals surface area contributed by atoms with Crippen molar-refractivity contribution in [2.24, 2.45) is 5.92 Å². The molecule has 0 saturated carbocycles. The van der Waals surface area contributed by atoms with E-state index in [0.717, 1.165) is 30.3 Å². The van der Waals surface area contributed by atoms with Gasteiger partial charge in [0.1, 0.15) is 0 Å². The fourth-order valence-corrected chi connectivity index (χ4v) is 3.24. The van der Waals surface area contributed by atoms with Crippen LogP contribution in [0.25, 0.3) is 0 Å². The number of carbonyl (C=O) groups is 1. The van der Waals surface area contributed by atoms with E-state index in [-0.39, 0.29) is 18.3 Å². The summed E-state index contributed by atoms with van der Waals surface area (Å²) in [5, 5.41) is 7.23. The molecule has 1 fully saturated rings. The summed E-state index contributed by atoms with van der Waals surface area (Å²) in [7, 11) is 0. The number of halogens is 2. The zero-order valence-electron chi connectivity index (χ0n) is 12.1. The number of hydrogen-bond donors (Lipinski definition) is 2. The van der Waals surface area contributed by atoms with Crippen LogP contribution in [-0.2, 0) is 10.5 Å². The minimum Gasteiger partial charge on any atom is -0.352 e. The van der Waals surface area contributed by atoms with Crippen molar-refractivity contribution in [2.45, 2.75) is 25.1 Å². The maximum absolute atomic E-state index is 11.9. The van der Waals surface area contributed by atoms with Crippen LogP contribution < -0.4 is 10.6 Å². The summed E-state index contributed by atoms with van der Waals surface area (Å²) in [5.74, 6) is 2.00. The second-order valence-corrected chi connectivity index (χ2v) is 6.69. The number of amides is 1. The molecule has 0 aliphatic carbocycles. The fourth-order valence-electron chi connectivity index (χ4n) is 2.32. The number of rotatable bonds is 5. The molecule has 2 atom stereocenters. The summed E-state index contributed by atoms with van der Waals surface area (Å²) in [6.45, 7) is 4.16. The Kier molecular flexibility index (Phi) is 8.49. The number of piperidine rings is 1. The molecule has 1 heterocycles. The first-order chi connectivity index (χ1) is 9.65. The van der Waals surface area contributed by atoms with Crippen LogP contribution in [0.1, 0.15) is 18.9 Å². The Morgan fingerprint density at radius 1 is 1.43 bits per heavy atom. The molecule has 2 N–H and O–H groups in total. The summed E-state index contributed by atoms with van der Waals surface area (Å²) >= 11 is 7.48. The van der Waals surface area contributed by atoms with E-state index in [0.29, 0.717) is 17.7 Å². The van der Waals surface area contributed by atoms with Crippen LogP contribution in [0.5, 0.6) is 0 Å². The van der Waals surface area contributed by atoms with E-state index in [1.165, 1.54) is 5.56 Å². The largest absolute Gasteiger partial charge is 0.352 e. The third-order valence-corrected chi connectivity index (χ3v) is 4.80. The summed E-state index contributed by atoms with van der Waals surface area (Å²) in [4.78, 5) is 11.9. The molecule has 0 bridgehead atoms. The van der Waals surface area contributed by atoms with Gasteiger partial charge >= 0.3 is 0 Å². The van der Waals surface area contributed by atoms with Gasteiger partial charge in [0.2, 0.25) is 5.91 Å². The summed E-state index contributed by atoms with van der Waals surface area (Å²) in [6.07, 6.45) is 1.02. The molecule has 1 amide bonds. The molecular formula is C15H22Cl2N2OS. The van der Waals surface area contributed by atoms with E-state index in [1.54, 1.807) is 11.8 Å². The Hall–Kier alpha value is -0.420. The number of nitrogens with one attached hydrogen (secondary N) is 2. The Balaban J connectivity index is 0.00000220. The molecular weight excluding hydrogens is 327 g/mol. The molecule has 1 aliphatic heterocycles. The van der Waals surface area contributed by atoms with E-state index in [9.17, 15) is 4.79 Å². The lowest BCUT2D eigenvalue weighted by atomic mass is 9.95. The van der Waals surface area contributed by atoms with Gasteiger partial charge in [-0.05, 0) is 43.1 Å². The van der Waals surface area contributed by atoms with Crippen molar-refractivity contribution in [1.29, 1.82) is 0 Å². The van der Waals surface area contributed by atoms with Gasteiger partial charge in [-0.3, -0.25) is 4.79 Å². The van der Waals surface area contributed by atoms with Crippen molar-refractivity contribution in [3.63, 3.8) is 0 Å². The van der Waals surface area contributed by atoms with E-state index < -0.39 is 0 Å². The monoisotopic (exact) mass is 348 g/mol. The van der Waals surface area contributed by atoms with Crippen molar-refractivity contribution < 1.29 is 4.79 Å².